The van der Waals surface area contributed by atoms with Crippen molar-refractivity contribution in [1.82, 2.24) is 15.2 Å². The molecule has 3 N–H and O–H groups in total. The molecule has 19 heavy (non-hydrogen) atoms. The molecule has 0 unspecified atom stereocenters. The Balaban J connectivity index is 2.38. The summed E-state index contributed by atoms with van der Waals surface area (Å²) in [7, 11) is 0. The van der Waals surface area contributed by atoms with E-state index in [0.29, 0.717) is 16.8 Å². The minimum atomic E-state index is -0.593. The summed E-state index contributed by atoms with van der Waals surface area (Å²) in [4.78, 5) is 6.00. The summed E-state index contributed by atoms with van der Waals surface area (Å²) in [6, 6.07) is -0.522. The quantitative estimate of drug-likeness (QED) is 0.743. The molecule has 1 saturated heterocycles. The van der Waals surface area contributed by atoms with Crippen LogP contribution in [-0.2, 0) is 6.61 Å². The maximum Gasteiger partial charge on any atom is 0.142 e. The van der Waals surface area contributed by atoms with Crippen LogP contribution >= 0.6 is 0 Å². The Kier molecular flexibility index (Phi) is 4.68. The second-order valence-corrected chi connectivity index (χ2v) is 4.75. The van der Waals surface area contributed by atoms with Gasteiger partial charge in [0.25, 0.3) is 0 Å². The molecule has 5 nitrogen and oxygen atoms in total. The molecule has 1 aromatic rings. The van der Waals surface area contributed by atoms with Crippen LogP contribution in [0, 0.1) is 6.92 Å². The van der Waals surface area contributed by atoms with Gasteiger partial charge in [0.2, 0.25) is 0 Å². The van der Waals surface area contributed by atoms with Crippen LogP contribution in [0.1, 0.15) is 22.9 Å². The van der Waals surface area contributed by atoms with E-state index in [0.717, 1.165) is 26.2 Å². The summed E-state index contributed by atoms with van der Waals surface area (Å²) in [6.45, 7) is 3.88. The van der Waals surface area contributed by atoms with Crippen molar-refractivity contribution in [2.45, 2.75) is 19.6 Å². The molecule has 0 radical (unpaired) electrons. The van der Waals surface area contributed by atoms with Gasteiger partial charge in [-0.25, -0.2) is 4.39 Å². The van der Waals surface area contributed by atoms with Crippen LogP contribution in [0.2, 0.25) is 0 Å². The Bertz CT molecular complexity index is 436. The average molecular weight is 269 g/mol. The number of halogens is 1. The highest BCUT2D eigenvalue weighted by atomic mass is 19.1. The van der Waals surface area contributed by atoms with Crippen molar-refractivity contribution in [2.24, 2.45) is 0 Å². The van der Waals surface area contributed by atoms with Gasteiger partial charge >= 0.3 is 0 Å². The lowest BCUT2D eigenvalue weighted by Gasteiger charge is -2.34. The monoisotopic (exact) mass is 269 g/mol. The maximum absolute atomic E-state index is 13.5. The first-order chi connectivity index (χ1) is 9.19. The Morgan fingerprint density at radius 1 is 1.47 bits per heavy atom. The summed E-state index contributed by atoms with van der Waals surface area (Å²) in [5.74, 6) is -0.00673. The van der Waals surface area contributed by atoms with E-state index in [2.05, 4.69) is 10.3 Å². The molecule has 0 spiro atoms. The number of hydrogen-bond acceptors (Lipinski definition) is 5. The Morgan fingerprint density at radius 2 is 2.16 bits per heavy atom. The van der Waals surface area contributed by atoms with E-state index < -0.39 is 12.7 Å². The highest BCUT2D eigenvalue weighted by molar-refractivity contribution is 5.43. The van der Waals surface area contributed by atoms with Crippen molar-refractivity contribution in [3.8, 4) is 5.75 Å². The summed E-state index contributed by atoms with van der Waals surface area (Å²) in [5, 5.41) is 22.7. The van der Waals surface area contributed by atoms with Gasteiger partial charge in [-0.15, -0.1) is 0 Å². The molecule has 6 heteroatoms. The number of aliphatic hydroxyl groups excluding tert-OH is 1. The van der Waals surface area contributed by atoms with Crippen LogP contribution < -0.4 is 5.32 Å². The lowest BCUT2D eigenvalue weighted by molar-refractivity contribution is 0.142. The Labute approximate surface area is 112 Å². The number of nitrogens with zero attached hydrogens (tertiary/aromatic N) is 2. The van der Waals surface area contributed by atoms with Crippen molar-refractivity contribution in [3.63, 3.8) is 0 Å². The normalized spacial score (nSPS) is 18.5. The van der Waals surface area contributed by atoms with E-state index in [1.54, 1.807) is 6.92 Å². The molecule has 1 aliphatic rings. The number of rotatable bonds is 4. The first-order valence-corrected chi connectivity index (χ1v) is 6.48. The zero-order chi connectivity index (χ0) is 13.8. The topological polar surface area (TPSA) is 68.6 Å². The third-order valence-electron chi connectivity index (χ3n) is 3.60. The summed E-state index contributed by atoms with van der Waals surface area (Å²) < 4.78 is 13.5. The maximum atomic E-state index is 13.5. The predicted octanol–water partition coefficient (Wildman–Crippen LogP) is 0.504. The van der Waals surface area contributed by atoms with E-state index in [1.165, 1.54) is 6.20 Å². The highest BCUT2D eigenvalue weighted by Gasteiger charge is 2.27. The van der Waals surface area contributed by atoms with Gasteiger partial charge in [-0.1, -0.05) is 0 Å². The fourth-order valence-electron chi connectivity index (χ4n) is 2.50. The van der Waals surface area contributed by atoms with E-state index in [1.807, 2.05) is 4.90 Å². The Hall–Kier alpha value is -1.24. The predicted molar refractivity (Wildman–Crippen MR) is 69.7 cm³/mol. The molecule has 1 atom stereocenters. The molecule has 1 aromatic heterocycles. The van der Waals surface area contributed by atoms with Crippen LogP contribution in [-0.4, -0.2) is 53.0 Å². The number of aromatic hydroxyl groups is 1. The summed E-state index contributed by atoms with van der Waals surface area (Å²) >= 11 is 0. The molecule has 0 bridgehead atoms. The van der Waals surface area contributed by atoms with Gasteiger partial charge in [0, 0.05) is 43.5 Å². The second kappa shape index (κ2) is 6.27. The summed E-state index contributed by atoms with van der Waals surface area (Å²) in [6.07, 6.45) is 1.51. The van der Waals surface area contributed by atoms with E-state index in [-0.39, 0.29) is 12.4 Å². The standard InChI is InChI=1S/C13H20FN3O2/c1-9-13(19)12(10(8-18)7-16-9)11(6-14)17-4-2-15-3-5-17/h7,11,15,18-19H,2-6,8H2,1H3/t11-/m0/s1. The number of aliphatic hydroxyl groups is 1. The first kappa shape index (κ1) is 14.2. The Morgan fingerprint density at radius 3 is 2.74 bits per heavy atom. The van der Waals surface area contributed by atoms with Gasteiger partial charge in [0.15, 0.2) is 0 Å². The molecule has 2 heterocycles. The number of aryl methyl sites for hydroxylation is 1. The number of nitrogens with one attached hydrogen (secondary N) is 1. The fourth-order valence-corrected chi connectivity index (χ4v) is 2.50. The number of aromatic nitrogens is 1. The molecule has 0 amide bonds. The number of alkyl halides is 1. The van der Waals surface area contributed by atoms with Gasteiger partial charge < -0.3 is 15.5 Å². The van der Waals surface area contributed by atoms with Crippen molar-refractivity contribution in [2.75, 3.05) is 32.9 Å². The van der Waals surface area contributed by atoms with Gasteiger partial charge in [-0.05, 0) is 6.92 Å². The van der Waals surface area contributed by atoms with E-state index in [4.69, 9.17) is 0 Å². The highest BCUT2D eigenvalue weighted by Crippen LogP contribution is 2.33. The second-order valence-electron chi connectivity index (χ2n) is 4.75. The number of piperazine rings is 1. The number of hydrogen-bond donors (Lipinski definition) is 3. The average Bonchev–Trinajstić information content (AvgIpc) is 2.45. The molecule has 0 aromatic carbocycles. The van der Waals surface area contributed by atoms with Crippen molar-refractivity contribution < 1.29 is 14.6 Å². The van der Waals surface area contributed by atoms with Crippen LogP contribution in [0.5, 0.6) is 5.75 Å². The minimum Gasteiger partial charge on any atom is -0.506 e. The van der Waals surface area contributed by atoms with Gasteiger partial charge in [0.05, 0.1) is 18.3 Å². The van der Waals surface area contributed by atoms with Crippen molar-refractivity contribution >= 4 is 0 Å². The van der Waals surface area contributed by atoms with Crippen LogP contribution in [0.4, 0.5) is 4.39 Å². The lowest BCUT2D eigenvalue weighted by Crippen LogP contribution is -2.46. The van der Waals surface area contributed by atoms with E-state index in [9.17, 15) is 14.6 Å². The fraction of sp³-hybridized carbons (Fsp3) is 0.615. The molecule has 0 saturated carbocycles. The molecular weight excluding hydrogens is 249 g/mol. The first-order valence-electron chi connectivity index (χ1n) is 6.48. The van der Waals surface area contributed by atoms with Crippen molar-refractivity contribution in [3.05, 3.63) is 23.0 Å². The molecule has 1 fully saturated rings. The lowest BCUT2D eigenvalue weighted by atomic mass is 9.99. The molecular formula is C13H20FN3O2. The van der Waals surface area contributed by atoms with Gasteiger partial charge in [-0.2, -0.15) is 0 Å². The third-order valence-corrected chi connectivity index (χ3v) is 3.60. The zero-order valence-corrected chi connectivity index (χ0v) is 11.1. The van der Waals surface area contributed by atoms with Gasteiger partial charge in [0.1, 0.15) is 12.4 Å². The number of pyridine rings is 1. The third kappa shape index (κ3) is 2.86. The summed E-state index contributed by atoms with van der Waals surface area (Å²) in [5.41, 5.74) is 1.42. The van der Waals surface area contributed by atoms with Crippen LogP contribution in [0.15, 0.2) is 6.20 Å². The van der Waals surface area contributed by atoms with Gasteiger partial charge in [-0.3, -0.25) is 9.88 Å². The molecule has 2 rings (SSSR count). The van der Waals surface area contributed by atoms with Crippen molar-refractivity contribution in [1.29, 1.82) is 0 Å². The van der Waals surface area contributed by atoms with E-state index >= 15 is 0 Å². The largest absolute Gasteiger partial charge is 0.506 e. The SMILES string of the molecule is Cc1ncc(CO)c([C@H](CF)N2CCNCC2)c1O. The molecule has 0 aliphatic carbocycles. The van der Waals surface area contributed by atoms with Crippen LogP contribution in [0.25, 0.3) is 0 Å². The smallest absolute Gasteiger partial charge is 0.142 e. The molecule has 1 aliphatic heterocycles. The molecule has 106 valence electrons. The van der Waals surface area contributed by atoms with Crippen LogP contribution in [0.3, 0.4) is 0 Å². The zero-order valence-electron chi connectivity index (χ0n) is 11.1. The minimum absolute atomic E-state index is 0.00673.